The number of para-hydroxylation sites is 1. The molecule has 0 aliphatic rings. The maximum absolute atomic E-state index is 12.8. The van der Waals surface area contributed by atoms with E-state index < -0.39 is 6.04 Å². The fourth-order valence-electron chi connectivity index (χ4n) is 3.36. The highest BCUT2D eigenvalue weighted by molar-refractivity contribution is 5.92. The Hall–Kier alpha value is -3.68. The molecule has 0 aliphatic carbocycles. The molecular weight excluding hydrogens is 356 g/mol. The zero-order valence-electron chi connectivity index (χ0n) is 15.6. The van der Waals surface area contributed by atoms with E-state index in [1.54, 1.807) is 26.2 Å². The number of aromatic amines is 2. The van der Waals surface area contributed by atoms with Crippen LogP contribution in [0.5, 0.6) is 0 Å². The predicted octanol–water partition coefficient (Wildman–Crippen LogP) is 2.01. The van der Waals surface area contributed by atoms with Gasteiger partial charge in [0, 0.05) is 42.8 Å². The summed E-state index contributed by atoms with van der Waals surface area (Å²) in [5.41, 5.74) is 2.75. The van der Waals surface area contributed by atoms with Crippen LogP contribution in [0.3, 0.4) is 0 Å². The average Bonchev–Trinajstić information content (AvgIpc) is 3.27. The summed E-state index contributed by atoms with van der Waals surface area (Å²) < 4.78 is 1.51. The van der Waals surface area contributed by atoms with E-state index in [1.807, 2.05) is 30.5 Å². The first-order valence-corrected chi connectivity index (χ1v) is 8.93. The third kappa shape index (κ3) is 3.44. The molecule has 8 nitrogen and oxygen atoms in total. The molecule has 3 N–H and O–H groups in total. The zero-order chi connectivity index (χ0) is 19.7. The minimum absolute atomic E-state index is 0.249. The number of carbonyl (C=O) groups is 1. The van der Waals surface area contributed by atoms with Gasteiger partial charge in [0.25, 0.3) is 11.5 Å². The summed E-state index contributed by atoms with van der Waals surface area (Å²) in [5, 5.41) is 8.12. The molecule has 1 atom stereocenters. The van der Waals surface area contributed by atoms with Crippen LogP contribution in [0.1, 0.15) is 33.6 Å². The summed E-state index contributed by atoms with van der Waals surface area (Å²) in [4.78, 5) is 35.1. The van der Waals surface area contributed by atoms with Crippen molar-refractivity contribution in [3.8, 4) is 0 Å². The van der Waals surface area contributed by atoms with Crippen LogP contribution < -0.4 is 10.9 Å². The van der Waals surface area contributed by atoms with Gasteiger partial charge in [0.1, 0.15) is 11.5 Å². The molecule has 1 aromatic carbocycles. The van der Waals surface area contributed by atoms with Crippen LogP contribution in [-0.4, -0.2) is 30.6 Å². The molecule has 1 amide bonds. The maximum Gasteiger partial charge on any atom is 0.270 e. The van der Waals surface area contributed by atoms with Gasteiger partial charge in [-0.3, -0.25) is 14.3 Å². The van der Waals surface area contributed by atoms with Gasteiger partial charge in [-0.2, -0.15) is 5.10 Å². The Bertz CT molecular complexity index is 1200. The molecule has 3 aromatic heterocycles. The molecule has 0 saturated heterocycles. The number of hydrogen-bond donors (Lipinski definition) is 3. The minimum Gasteiger partial charge on any atom is -0.361 e. The van der Waals surface area contributed by atoms with E-state index in [2.05, 4.69) is 25.4 Å². The molecule has 0 spiro atoms. The number of amides is 1. The summed E-state index contributed by atoms with van der Waals surface area (Å²) in [6.45, 7) is 1.72. The van der Waals surface area contributed by atoms with Crippen LogP contribution in [-0.2, 0) is 13.5 Å². The van der Waals surface area contributed by atoms with Crippen LogP contribution >= 0.6 is 0 Å². The monoisotopic (exact) mass is 376 g/mol. The predicted molar refractivity (Wildman–Crippen MR) is 105 cm³/mol. The van der Waals surface area contributed by atoms with E-state index in [9.17, 15) is 9.59 Å². The molecule has 3 heterocycles. The quantitative estimate of drug-likeness (QED) is 0.495. The molecule has 142 valence electrons. The first-order chi connectivity index (χ1) is 13.5. The van der Waals surface area contributed by atoms with E-state index >= 15 is 0 Å². The van der Waals surface area contributed by atoms with Crippen molar-refractivity contribution in [2.75, 3.05) is 0 Å². The number of nitrogens with one attached hydrogen (secondary N) is 3. The first kappa shape index (κ1) is 17.7. The molecule has 28 heavy (non-hydrogen) atoms. The van der Waals surface area contributed by atoms with Crippen molar-refractivity contribution < 1.29 is 4.79 Å². The summed E-state index contributed by atoms with van der Waals surface area (Å²) in [5.74, 6) is 0.228. The smallest absolute Gasteiger partial charge is 0.270 e. The van der Waals surface area contributed by atoms with Crippen LogP contribution in [0.15, 0.2) is 53.6 Å². The molecule has 0 bridgehead atoms. The molecule has 0 radical (unpaired) electrons. The highest BCUT2D eigenvalue weighted by atomic mass is 16.2. The van der Waals surface area contributed by atoms with Gasteiger partial charge in [-0.1, -0.05) is 18.2 Å². The summed E-state index contributed by atoms with van der Waals surface area (Å²) in [7, 11) is 1.71. The van der Waals surface area contributed by atoms with Gasteiger partial charge in [-0.15, -0.1) is 0 Å². The van der Waals surface area contributed by atoms with Gasteiger partial charge in [0.2, 0.25) is 0 Å². The summed E-state index contributed by atoms with van der Waals surface area (Å²) in [6, 6.07) is 10.6. The lowest BCUT2D eigenvalue weighted by molar-refractivity contribution is 0.0926. The van der Waals surface area contributed by atoms with Crippen molar-refractivity contribution in [3.05, 3.63) is 81.9 Å². The van der Waals surface area contributed by atoms with Crippen LogP contribution in [0.25, 0.3) is 10.9 Å². The van der Waals surface area contributed by atoms with E-state index in [0.717, 1.165) is 16.5 Å². The third-order valence-corrected chi connectivity index (χ3v) is 4.69. The lowest BCUT2D eigenvalue weighted by Gasteiger charge is -2.18. The SMILES string of the molecule is Cc1nc([C@@H](Cc2c[nH]c3ccccc23)NC(=O)c2ccnn2C)cc(=O)[nH]1. The molecule has 4 rings (SSSR count). The molecule has 0 aliphatic heterocycles. The summed E-state index contributed by atoms with van der Waals surface area (Å²) >= 11 is 0. The molecular formula is C20H20N6O2. The number of aryl methyl sites for hydroxylation is 2. The van der Waals surface area contributed by atoms with E-state index in [1.165, 1.54) is 10.7 Å². The van der Waals surface area contributed by atoms with Crippen molar-refractivity contribution in [1.82, 2.24) is 30.0 Å². The molecule has 0 unspecified atom stereocenters. The highest BCUT2D eigenvalue weighted by Crippen LogP contribution is 2.23. The Kier molecular flexibility index (Phi) is 4.52. The van der Waals surface area contributed by atoms with Gasteiger partial charge in [-0.25, -0.2) is 4.98 Å². The fraction of sp³-hybridized carbons (Fsp3) is 0.200. The number of aromatic nitrogens is 5. The Balaban J connectivity index is 1.71. The topological polar surface area (TPSA) is 108 Å². The van der Waals surface area contributed by atoms with Crippen molar-refractivity contribution >= 4 is 16.8 Å². The van der Waals surface area contributed by atoms with Gasteiger partial charge in [0.05, 0.1) is 11.7 Å². The van der Waals surface area contributed by atoms with Gasteiger partial charge < -0.3 is 15.3 Å². The van der Waals surface area contributed by atoms with E-state index in [4.69, 9.17) is 0 Å². The van der Waals surface area contributed by atoms with Crippen molar-refractivity contribution in [2.45, 2.75) is 19.4 Å². The minimum atomic E-state index is -0.470. The van der Waals surface area contributed by atoms with Gasteiger partial charge in [0.15, 0.2) is 0 Å². The van der Waals surface area contributed by atoms with Crippen molar-refractivity contribution in [3.63, 3.8) is 0 Å². The van der Waals surface area contributed by atoms with Crippen molar-refractivity contribution in [2.24, 2.45) is 7.05 Å². The Morgan fingerprint density at radius 2 is 2.11 bits per heavy atom. The first-order valence-electron chi connectivity index (χ1n) is 8.93. The normalized spacial score (nSPS) is 12.2. The Morgan fingerprint density at radius 1 is 1.29 bits per heavy atom. The number of rotatable bonds is 5. The Morgan fingerprint density at radius 3 is 2.86 bits per heavy atom. The number of fused-ring (bicyclic) bond motifs is 1. The average molecular weight is 376 g/mol. The number of H-pyrrole nitrogens is 2. The van der Waals surface area contributed by atoms with Crippen LogP contribution in [0.2, 0.25) is 0 Å². The second-order valence-electron chi connectivity index (χ2n) is 6.69. The number of hydrogen-bond acceptors (Lipinski definition) is 4. The number of nitrogens with zero attached hydrogens (tertiary/aromatic N) is 3. The number of benzene rings is 1. The fourth-order valence-corrected chi connectivity index (χ4v) is 3.36. The molecule has 8 heteroatoms. The van der Waals surface area contributed by atoms with E-state index in [0.29, 0.717) is 23.6 Å². The number of carbonyl (C=O) groups excluding carboxylic acids is 1. The largest absolute Gasteiger partial charge is 0.361 e. The second kappa shape index (κ2) is 7.15. The third-order valence-electron chi connectivity index (χ3n) is 4.69. The van der Waals surface area contributed by atoms with Gasteiger partial charge >= 0.3 is 0 Å². The highest BCUT2D eigenvalue weighted by Gasteiger charge is 2.21. The lowest BCUT2D eigenvalue weighted by Crippen LogP contribution is -2.33. The maximum atomic E-state index is 12.8. The van der Waals surface area contributed by atoms with Crippen molar-refractivity contribution in [1.29, 1.82) is 0 Å². The molecule has 4 aromatic rings. The van der Waals surface area contributed by atoms with Crippen LogP contribution in [0.4, 0.5) is 0 Å². The summed E-state index contributed by atoms with van der Waals surface area (Å²) in [6.07, 6.45) is 3.98. The molecule has 0 saturated carbocycles. The lowest BCUT2D eigenvalue weighted by atomic mass is 10.0. The standard InChI is InChI=1S/C20H20N6O2/c1-12-23-17(10-19(27)24-12)16(25-20(28)18-7-8-22-26(18)2)9-13-11-21-15-6-4-3-5-14(13)15/h3-8,10-11,16,21H,9H2,1-2H3,(H,25,28)(H,23,24,27)/t16-/m1/s1. The second-order valence-corrected chi connectivity index (χ2v) is 6.69. The zero-order valence-corrected chi connectivity index (χ0v) is 15.6. The van der Waals surface area contributed by atoms with Gasteiger partial charge in [-0.05, 0) is 24.6 Å². The van der Waals surface area contributed by atoms with Crippen LogP contribution in [0, 0.1) is 6.92 Å². The molecule has 0 fully saturated rings. The Labute approximate surface area is 160 Å². The van der Waals surface area contributed by atoms with E-state index in [-0.39, 0.29) is 11.5 Å².